The summed E-state index contributed by atoms with van der Waals surface area (Å²) in [6.45, 7) is 4.01. The molecule has 0 unspecified atom stereocenters. The van der Waals surface area contributed by atoms with Gasteiger partial charge in [0.15, 0.2) is 0 Å². The number of hydrazine groups is 1. The third kappa shape index (κ3) is 4.25. The zero-order valence-corrected chi connectivity index (χ0v) is 16.3. The summed E-state index contributed by atoms with van der Waals surface area (Å²) in [6.07, 6.45) is 2.98. The van der Waals surface area contributed by atoms with Crippen molar-refractivity contribution in [2.24, 2.45) is 5.92 Å². The topological polar surface area (TPSA) is 90.5 Å². The number of carbonyl (C=O) groups is 3. The van der Waals surface area contributed by atoms with Gasteiger partial charge in [-0.1, -0.05) is 30.7 Å². The molecule has 2 aliphatic rings. The fraction of sp³-hybridized carbons (Fsp3) is 0.526. The normalized spacial score (nSPS) is 26.2. The highest BCUT2D eigenvalue weighted by Gasteiger charge is 2.52. The molecule has 4 amide bonds. The van der Waals surface area contributed by atoms with Crippen LogP contribution in [0.5, 0.6) is 0 Å². The predicted octanol–water partition coefficient (Wildman–Crippen LogP) is 2.52. The number of nitrogens with zero attached hydrogens (tertiary/aromatic N) is 1. The smallest absolute Gasteiger partial charge is 0.322 e. The van der Waals surface area contributed by atoms with E-state index < -0.39 is 17.5 Å². The van der Waals surface area contributed by atoms with Crippen molar-refractivity contribution in [1.29, 1.82) is 0 Å². The molecule has 1 saturated heterocycles. The summed E-state index contributed by atoms with van der Waals surface area (Å²) >= 11 is 5.98. The third-order valence-corrected chi connectivity index (χ3v) is 5.68. The summed E-state index contributed by atoms with van der Waals surface area (Å²) in [7, 11) is 0. The van der Waals surface area contributed by atoms with Crippen LogP contribution >= 0.6 is 11.6 Å². The van der Waals surface area contributed by atoms with Gasteiger partial charge in [0.25, 0.3) is 11.8 Å². The quantitative estimate of drug-likeness (QED) is 0.671. The van der Waals surface area contributed by atoms with E-state index in [1.165, 1.54) is 0 Å². The predicted molar refractivity (Wildman–Crippen MR) is 102 cm³/mol. The Balaban J connectivity index is 1.54. The Morgan fingerprint density at radius 2 is 2.07 bits per heavy atom. The van der Waals surface area contributed by atoms with Crippen molar-refractivity contribution in [1.82, 2.24) is 21.1 Å². The van der Waals surface area contributed by atoms with Crippen molar-refractivity contribution >= 4 is 29.4 Å². The highest BCUT2D eigenvalue weighted by atomic mass is 35.5. The average molecular weight is 393 g/mol. The Hall–Kier alpha value is -2.12. The van der Waals surface area contributed by atoms with Crippen molar-refractivity contribution in [3.8, 4) is 0 Å². The van der Waals surface area contributed by atoms with Gasteiger partial charge in [-0.2, -0.15) is 5.01 Å². The largest absolute Gasteiger partial charge is 0.344 e. The molecule has 1 aliphatic heterocycles. The Morgan fingerprint density at radius 3 is 2.74 bits per heavy atom. The minimum Gasteiger partial charge on any atom is -0.322 e. The number of amides is 4. The molecular weight excluding hydrogens is 368 g/mol. The number of benzene rings is 1. The summed E-state index contributed by atoms with van der Waals surface area (Å²) in [5.74, 6) is -0.273. The van der Waals surface area contributed by atoms with Gasteiger partial charge in [0.1, 0.15) is 5.54 Å². The molecule has 0 radical (unpaired) electrons. The molecule has 1 spiro atoms. The van der Waals surface area contributed by atoms with E-state index in [0.29, 0.717) is 23.8 Å². The molecule has 7 nitrogen and oxygen atoms in total. The molecule has 1 heterocycles. The number of hydrogen-bond acceptors (Lipinski definition) is 4. The molecule has 0 bridgehead atoms. The molecule has 1 aromatic carbocycles. The van der Waals surface area contributed by atoms with Gasteiger partial charge < -0.3 is 10.6 Å². The molecule has 3 rings (SSSR count). The van der Waals surface area contributed by atoms with E-state index in [2.05, 4.69) is 23.0 Å². The van der Waals surface area contributed by atoms with Crippen LogP contribution in [0.25, 0.3) is 0 Å². The zero-order valence-electron chi connectivity index (χ0n) is 15.5. The molecule has 27 heavy (non-hydrogen) atoms. The molecule has 1 saturated carbocycles. The van der Waals surface area contributed by atoms with E-state index in [0.717, 1.165) is 23.4 Å². The maximum atomic E-state index is 12.7. The van der Waals surface area contributed by atoms with Gasteiger partial charge in [-0.15, -0.1) is 0 Å². The number of halogens is 1. The Kier molecular flexibility index (Phi) is 5.72. The Morgan fingerprint density at radius 1 is 1.37 bits per heavy atom. The van der Waals surface area contributed by atoms with Crippen molar-refractivity contribution in [3.05, 3.63) is 34.9 Å². The number of carbonyl (C=O) groups excluding carboxylic acids is 3. The van der Waals surface area contributed by atoms with Crippen LogP contribution in [0.4, 0.5) is 4.79 Å². The summed E-state index contributed by atoms with van der Waals surface area (Å²) in [5, 5.41) is 7.29. The lowest BCUT2D eigenvalue weighted by atomic mass is 9.77. The van der Waals surface area contributed by atoms with Crippen LogP contribution in [-0.2, 0) is 9.59 Å². The SMILES string of the molecule is CC1CCC2(CC1)NC(=O)N(NC(=O)CN[C@@H](C)c1cccc(Cl)c1)C2=O. The first-order chi connectivity index (χ1) is 12.8. The summed E-state index contributed by atoms with van der Waals surface area (Å²) in [4.78, 5) is 37.2. The van der Waals surface area contributed by atoms with E-state index in [4.69, 9.17) is 11.6 Å². The van der Waals surface area contributed by atoms with Gasteiger partial charge >= 0.3 is 6.03 Å². The van der Waals surface area contributed by atoms with Gasteiger partial charge in [0.2, 0.25) is 0 Å². The van der Waals surface area contributed by atoms with Crippen LogP contribution in [0.1, 0.15) is 51.1 Å². The van der Waals surface area contributed by atoms with E-state index in [-0.39, 0.29) is 18.5 Å². The summed E-state index contributed by atoms with van der Waals surface area (Å²) in [5.41, 5.74) is 2.51. The molecule has 1 aromatic rings. The number of imide groups is 1. The van der Waals surface area contributed by atoms with Crippen molar-refractivity contribution in [2.75, 3.05) is 6.54 Å². The lowest BCUT2D eigenvalue weighted by Gasteiger charge is -2.33. The molecule has 146 valence electrons. The third-order valence-electron chi connectivity index (χ3n) is 5.44. The van der Waals surface area contributed by atoms with Gasteiger partial charge in [0, 0.05) is 11.1 Å². The lowest BCUT2D eigenvalue weighted by molar-refractivity contribution is -0.139. The monoisotopic (exact) mass is 392 g/mol. The van der Waals surface area contributed by atoms with Crippen molar-refractivity contribution < 1.29 is 14.4 Å². The second kappa shape index (κ2) is 7.86. The lowest BCUT2D eigenvalue weighted by Crippen LogP contribution is -2.52. The molecular formula is C19H25ClN4O3. The van der Waals surface area contributed by atoms with Crippen molar-refractivity contribution in [2.45, 2.75) is 51.1 Å². The van der Waals surface area contributed by atoms with E-state index in [9.17, 15) is 14.4 Å². The molecule has 0 aromatic heterocycles. The minimum atomic E-state index is -0.863. The van der Waals surface area contributed by atoms with Gasteiger partial charge in [-0.3, -0.25) is 15.0 Å². The van der Waals surface area contributed by atoms with Crippen LogP contribution in [0.15, 0.2) is 24.3 Å². The summed E-state index contributed by atoms with van der Waals surface area (Å²) < 4.78 is 0. The first-order valence-corrected chi connectivity index (χ1v) is 9.63. The van der Waals surface area contributed by atoms with Gasteiger partial charge in [0.05, 0.1) is 6.54 Å². The fourth-order valence-electron chi connectivity index (χ4n) is 3.62. The average Bonchev–Trinajstić information content (AvgIpc) is 2.86. The Labute approximate surface area is 163 Å². The molecule has 3 N–H and O–H groups in total. The number of rotatable bonds is 5. The minimum absolute atomic E-state index is 0.0330. The number of urea groups is 1. The van der Waals surface area contributed by atoms with E-state index >= 15 is 0 Å². The standard InChI is InChI=1S/C19H25ClN4O3/c1-12-6-8-19(9-7-12)17(26)24(18(27)22-19)23-16(25)11-21-13(2)14-4-3-5-15(20)10-14/h3-5,10,12-13,21H,6-9,11H2,1-2H3,(H,22,27)(H,23,25)/t12?,13-,19?/m0/s1. The maximum Gasteiger partial charge on any atom is 0.344 e. The number of nitrogens with one attached hydrogen (secondary N) is 3. The van der Waals surface area contributed by atoms with Crippen LogP contribution in [0.2, 0.25) is 5.02 Å². The van der Waals surface area contributed by atoms with Gasteiger partial charge in [-0.05, 0) is 56.2 Å². The van der Waals surface area contributed by atoms with Crippen LogP contribution in [0.3, 0.4) is 0 Å². The number of hydrogen-bond donors (Lipinski definition) is 3. The van der Waals surface area contributed by atoms with Crippen LogP contribution in [0, 0.1) is 5.92 Å². The second-order valence-corrected chi connectivity index (χ2v) is 7.96. The van der Waals surface area contributed by atoms with Crippen LogP contribution < -0.4 is 16.1 Å². The highest BCUT2D eigenvalue weighted by Crippen LogP contribution is 2.35. The Bertz CT molecular complexity index is 746. The van der Waals surface area contributed by atoms with Crippen molar-refractivity contribution in [3.63, 3.8) is 0 Å². The first-order valence-electron chi connectivity index (χ1n) is 9.26. The first kappa shape index (κ1) is 19.6. The maximum absolute atomic E-state index is 12.7. The summed E-state index contributed by atoms with van der Waals surface area (Å²) in [6, 6.07) is 6.68. The second-order valence-electron chi connectivity index (χ2n) is 7.53. The zero-order chi connectivity index (χ0) is 19.6. The highest BCUT2D eigenvalue weighted by molar-refractivity contribution is 6.30. The van der Waals surface area contributed by atoms with Gasteiger partial charge in [-0.25, -0.2) is 4.79 Å². The molecule has 1 aliphatic carbocycles. The van der Waals surface area contributed by atoms with E-state index in [1.807, 2.05) is 25.1 Å². The molecule has 8 heteroatoms. The van der Waals surface area contributed by atoms with E-state index in [1.54, 1.807) is 6.07 Å². The molecule has 1 atom stereocenters. The molecule has 2 fully saturated rings. The fourth-order valence-corrected chi connectivity index (χ4v) is 3.82. The van der Waals surface area contributed by atoms with Crippen LogP contribution in [-0.4, -0.2) is 34.9 Å².